The highest BCUT2D eigenvalue weighted by Gasteiger charge is 2.23. The van der Waals surface area contributed by atoms with Crippen LogP contribution in [0.1, 0.15) is 43.9 Å². The van der Waals surface area contributed by atoms with E-state index in [1.165, 1.54) is 23.5 Å². The lowest BCUT2D eigenvalue weighted by molar-refractivity contribution is -0.118. The number of halogens is 1. The molecule has 178 valence electrons. The number of furan rings is 1. The van der Waals surface area contributed by atoms with Gasteiger partial charge in [0.25, 0.3) is 0 Å². The number of fused-ring (bicyclic) bond motifs is 1. The summed E-state index contributed by atoms with van der Waals surface area (Å²) in [6, 6.07) is 15.7. The van der Waals surface area contributed by atoms with Gasteiger partial charge in [-0.1, -0.05) is 48.9 Å². The number of hydrogen-bond donors (Lipinski definition) is 0. The molecule has 0 aliphatic rings. The van der Waals surface area contributed by atoms with E-state index < -0.39 is 9.84 Å². The smallest absolute Gasteiger partial charge is 0.229 e. The molecular weight excluding hydrogens is 492 g/mol. The van der Waals surface area contributed by atoms with Crippen molar-refractivity contribution >= 4 is 54.0 Å². The minimum atomic E-state index is -3.51. The van der Waals surface area contributed by atoms with Crippen LogP contribution in [0.25, 0.3) is 10.2 Å². The Hall–Kier alpha value is -2.68. The normalized spacial score (nSPS) is 11.9. The molecule has 2 aromatic carbocycles. The van der Waals surface area contributed by atoms with Gasteiger partial charge in [-0.25, -0.2) is 13.4 Å². The van der Waals surface area contributed by atoms with Crippen molar-refractivity contribution in [3.63, 3.8) is 0 Å². The molecule has 0 atom stereocenters. The van der Waals surface area contributed by atoms with Gasteiger partial charge < -0.3 is 4.42 Å². The molecule has 0 radical (unpaired) electrons. The molecule has 0 aliphatic heterocycles. The maximum atomic E-state index is 13.3. The quantitative estimate of drug-likeness (QED) is 0.255. The van der Waals surface area contributed by atoms with Crippen LogP contribution in [0.15, 0.2) is 70.2 Å². The number of anilines is 1. The highest BCUT2D eigenvalue weighted by atomic mass is 35.5. The zero-order valence-electron chi connectivity index (χ0n) is 18.9. The lowest BCUT2D eigenvalue weighted by Crippen LogP contribution is -2.30. The van der Waals surface area contributed by atoms with Crippen LogP contribution in [0.3, 0.4) is 0 Å². The summed E-state index contributed by atoms with van der Waals surface area (Å²) in [6.07, 6.45) is 1.83. The molecule has 0 unspecified atom stereocenters. The van der Waals surface area contributed by atoms with Gasteiger partial charge in [-0.2, -0.15) is 0 Å². The second kappa shape index (κ2) is 10.3. The Morgan fingerprint density at radius 1 is 1.12 bits per heavy atom. The fourth-order valence-electron chi connectivity index (χ4n) is 3.67. The summed E-state index contributed by atoms with van der Waals surface area (Å²) in [6.45, 7) is 4.45. The summed E-state index contributed by atoms with van der Waals surface area (Å²) in [5.41, 5.74) is 2.01. The van der Waals surface area contributed by atoms with E-state index in [1.807, 2.05) is 12.1 Å². The van der Waals surface area contributed by atoms with Gasteiger partial charge in [0.2, 0.25) is 5.91 Å². The second-order valence-electron chi connectivity index (χ2n) is 8.28. The number of carbonyl (C=O) groups is 1. The second-order valence-corrected chi connectivity index (χ2v) is 11.8. The fraction of sp³-hybridized carbons (Fsp3) is 0.280. The third-order valence-corrected chi connectivity index (χ3v) is 8.58. The molecule has 34 heavy (non-hydrogen) atoms. The Bertz CT molecular complexity index is 1380. The van der Waals surface area contributed by atoms with Gasteiger partial charge in [0.15, 0.2) is 15.0 Å². The summed E-state index contributed by atoms with van der Waals surface area (Å²) in [5, 5.41) is 1.05. The molecule has 4 aromatic rings. The molecule has 1 amide bonds. The van der Waals surface area contributed by atoms with E-state index in [0.717, 1.165) is 15.8 Å². The van der Waals surface area contributed by atoms with Crippen molar-refractivity contribution in [2.75, 3.05) is 10.7 Å². The van der Waals surface area contributed by atoms with Gasteiger partial charge in [0.1, 0.15) is 5.76 Å². The molecule has 0 bridgehead atoms. The number of sulfone groups is 1. The van der Waals surface area contributed by atoms with E-state index in [1.54, 1.807) is 35.4 Å². The van der Waals surface area contributed by atoms with Crippen molar-refractivity contribution in [3.8, 4) is 0 Å². The van der Waals surface area contributed by atoms with Crippen LogP contribution in [0.2, 0.25) is 5.02 Å². The molecular formula is C25H25ClN2O4S2. The Kier molecular flexibility index (Phi) is 7.40. The molecule has 2 aromatic heterocycles. The van der Waals surface area contributed by atoms with E-state index >= 15 is 0 Å². The average Bonchev–Trinajstić information content (AvgIpc) is 3.46. The van der Waals surface area contributed by atoms with Crippen molar-refractivity contribution in [1.82, 2.24) is 4.98 Å². The average molecular weight is 517 g/mol. The number of benzene rings is 2. The van der Waals surface area contributed by atoms with Gasteiger partial charge >= 0.3 is 0 Å². The summed E-state index contributed by atoms with van der Waals surface area (Å²) in [7, 11) is -3.51. The SMILES string of the molecule is CC(C)c1cccc2sc(N(Cc3ccco3)C(=O)CCCS(=O)(=O)c3ccc(Cl)cc3)nc12. The molecule has 9 heteroatoms. The summed E-state index contributed by atoms with van der Waals surface area (Å²) in [5.74, 6) is 0.594. The van der Waals surface area contributed by atoms with Crippen molar-refractivity contribution in [2.45, 2.75) is 44.0 Å². The van der Waals surface area contributed by atoms with Crippen LogP contribution < -0.4 is 4.90 Å². The van der Waals surface area contributed by atoms with Crippen LogP contribution >= 0.6 is 22.9 Å². The molecule has 0 aliphatic carbocycles. The number of para-hydroxylation sites is 1. The number of hydrogen-bond acceptors (Lipinski definition) is 6. The van der Waals surface area contributed by atoms with Crippen molar-refractivity contribution < 1.29 is 17.6 Å². The lowest BCUT2D eigenvalue weighted by atomic mass is 10.0. The van der Waals surface area contributed by atoms with E-state index in [9.17, 15) is 13.2 Å². The summed E-state index contributed by atoms with van der Waals surface area (Å²) < 4.78 is 31.8. The molecule has 2 heterocycles. The summed E-state index contributed by atoms with van der Waals surface area (Å²) >= 11 is 7.30. The van der Waals surface area contributed by atoms with Gasteiger partial charge in [-0.3, -0.25) is 9.69 Å². The van der Waals surface area contributed by atoms with Gasteiger partial charge in [0, 0.05) is 11.4 Å². The van der Waals surface area contributed by atoms with Crippen LogP contribution in [-0.4, -0.2) is 25.1 Å². The molecule has 0 spiro atoms. The first kappa shape index (κ1) is 24.4. The third-order valence-electron chi connectivity index (χ3n) is 5.46. The van der Waals surface area contributed by atoms with Crippen LogP contribution in [0.5, 0.6) is 0 Å². The Labute approximate surface area is 208 Å². The van der Waals surface area contributed by atoms with Crippen LogP contribution in [-0.2, 0) is 21.2 Å². The first-order valence-corrected chi connectivity index (χ1v) is 13.8. The number of amides is 1. The first-order chi connectivity index (χ1) is 16.2. The van der Waals surface area contributed by atoms with E-state index in [2.05, 4.69) is 19.9 Å². The monoisotopic (exact) mass is 516 g/mol. The van der Waals surface area contributed by atoms with Gasteiger partial charge in [-0.15, -0.1) is 0 Å². The maximum Gasteiger partial charge on any atom is 0.229 e. The zero-order valence-corrected chi connectivity index (χ0v) is 21.3. The zero-order chi connectivity index (χ0) is 24.3. The lowest BCUT2D eigenvalue weighted by Gasteiger charge is -2.18. The largest absolute Gasteiger partial charge is 0.467 e. The van der Waals surface area contributed by atoms with Gasteiger partial charge in [-0.05, 0) is 60.4 Å². The molecule has 0 saturated heterocycles. The van der Waals surface area contributed by atoms with Crippen LogP contribution in [0, 0.1) is 0 Å². The maximum absolute atomic E-state index is 13.3. The third kappa shape index (κ3) is 5.51. The Balaban J connectivity index is 1.54. The molecule has 4 rings (SSSR count). The number of carbonyl (C=O) groups excluding carboxylic acids is 1. The van der Waals surface area contributed by atoms with E-state index in [0.29, 0.717) is 21.8 Å². The van der Waals surface area contributed by atoms with Crippen LogP contribution in [0.4, 0.5) is 5.13 Å². The highest BCUT2D eigenvalue weighted by molar-refractivity contribution is 7.91. The molecule has 0 fully saturated rings. The minimum Gasteiger partial charge on any atom is -0.467 e. The molecule has 6 nitrogen and oxygen atoms in total. The molecule has 0 saturated carbocycles. The Morgan fingerprint density at radius 3 is 2.56 bits per heavy atom. The summed E-state index contributed by atoms with van der Waals surface area (Å²) in [4.78, 5) is 19.9. The number of rotatable bonds is 9. The van der Waals surface area contributed by atoms with Crippen molar-refractivity contribution in [3.05, 3.63) is 77.2 Å². The van der Waals surface area contributed by atoms with Crippen molar-refractivity contribution in [1.29, 1.82) is 0 Å². The van der Waals surface area contributed by atoms with Gasteiger partial charge in [0.05, 0.1) is 33.7 Å². The standard InChI is InChI=1S/C25H25ClN2O4S2/c1-17(2)21-7-3-8-22-24(21)27-25(33-22)28(16-19-6-4-14-32-19)23(29)9-5-15-34(30,31)20-12-10-18(26)11-13-20/h3-4,6-8,10-14,17H,5,9,15-16H2,1-2H3. The van der Waals surface area contributed by atoms with E-state index in [-0.39, 0.29) is 35.9 Å². The molecule has 0 N–H and O–H groups in total. The van der Waals surface area contributed by atoms with Crippen molar-refractivity contribution in [2.24, 2.45) is 0 Å². The Morgan fingerprint density at radius 2 is 1.88 bits per heavy atom. The highest BCUT2D eigenvalue weighted by Crippen LogP contribution is 2.34. The first-order valence-electron chi connectivity index (χ1n) is 10.9. The topological polar surface area (TPSA) is 80.5 Å². The number of aromatic nitrogens is 1. The number of nitrogens with zero attached hydrogens (tertiary/aromatic N) is 2. The predicted molar refractivity (Wildman–Crippen MR) is 136 cm³/mol. The van der Waals surface area contributed by atoms with E-state index in [4.69, 9.17) is 21.0 Å². The fourth-order valence-corrected chi connectivity index (χ4v) is 6.12. The number of thiazole rings is 1. The minimum absolute atomic E-state index is 0.0699. The predicted octanol–water partition coefficient (Wildman–Crippen LogP) is 6.45.